The van der Waals surface area contributed by atoms with E-state index in [1.165, 1.54) is 30.4 Å². The van der Waals surface area contributed by atoms with Gasteiger partial charge < -0.3 is 25.6 Å². The minimum atomic E-state index is -1.66. The molecule has 6 rings (SSSR count). The van der Waals surface area contributed by atoms with Gasteiger partial charge in [-0.05, 0) is 75.2 Å². The van der Waals surface area contributed by atoms with Crippen LogP contribution in [-0.2, 0) is 15.8 Å². The number of aromatic nitrogens is 2. The average molecular weight is 589 g/mol. The third-order valence-electron chi connectivity index (χ3n) is 7.64. The van der Waals surface area contributed by atoms with Crippen molar-refractivity contribution < 1.29 is 28.6 Å². The Balaban J connectivity index is 1.29. The molecule has 0 radical (unpaired) electrons. The fourth-order valence-electron chi connectivity index (χ4n) is 4.79. The minimum absolute atomic E-state index is 0.00132. The van der Waals surface area contributed by atoms with E-state index in [1.807, 2.05) is 6.07 Å². The highest BCUT2D eigenvalue weighted by atomic mass is 32.1. The number of aliphatic hydroxyl groups is 1. The van der Waals surface area contributed by atoms with Crippen LogP contribution < -0.4 is 20.5 Å². The maximum Gasteiger partial charge on any atom is 0.251 e. The van der Waals surface area contributed by atoms with Gasteiger partial charge in [-0.2, -0.15) is 0 Å². The van der Waals surface area contributed by atoms with E-state index < -0.39 is 28.6 Å². The van der Waals surface area contributed by atoms with Gasteiger partial charge in [-0.25, -0.2) is 9.37 Å². The van der Waals surface area contributed by atoms with Gasteiger partial charge in [0, 0.05) is 28.5 Å². The number of thiazole rings is 1. The Labute approximate surface area is 245 Å². The summed E-state index contributed by atoms with van der Waals surface area (Å²) in [6.45, 7) is 2.98. The van der Waals surface area contributed by atoms with Crippen molar-refractivity contribution >= 4 is 23.2 Å². The first-order valence-electron chi connectivity index (χ1n) is 13.5. The minimum Gasteiger partial charge on any atom is -0.490 e. The van der Waals surface area contributed by atoms with Crippen molar-refractivity contribution in [1.82, 2.24) is 15.3 Å². The van der Waals surface area contributed by atoms with Gasteiger partial charge in [0.05, 0.1) is 28.7 Å². The lowest BCUT2D eigenvalue weighted by Crippen LogP contribution is -2.41. The van der Waals surface area contributed by atoms with E-state index in [2.05, 4.69) is 15.3 Å². The standard InChI is InChI=1S/C31H29FN4O5S/c1-30(29(33)38)15-40-27-22(30)12-25(36-26(27)17-3-6-19(32)7-4-17)31(2,39)14-35-28(37)18-5-10-21(24-13-34-16-42-24)23(11-18)41-20-8-9-20/h3-7,10-13,16,20,39H,8-9,14-15H2,1-2H3,(H2,33,38)(H,35,37)/t30-,31-/m0/s1. The highest BCUT2D eigenvalue weighted by molar-refractivity contribution is 7.13. The number of halogens is 1. The zero-order valence-corrected chi connectivity index (χ0v) is 23.8. The molecule has 1 aliphatic heterocycles. The van der Waals surface area contributed by atoms with Crippen molar-refractivity contribution in [3.05, 3.63) is 82.9 Å². The van der Waals surface area contributed by atoms with E-state index in [9.17, 15) is 19.1 Å². The Morgan fingerprint density at radius 3 is 2.67 bits per heavy atom. The fourth-order valence-corrected chi connectivity index (χ4v) is 5.44. The van der Waals surface area contributed by atoms with Crippen LogP contribution >= 0.6 is 11.3 Å². The van der Waals surface area contributed by atoms with E-state index in [0.717, 1.165) is 23.3 Å². The molecule has 4 aromatic rings. The van der Waals surface area contributed by atoms with Crippen LogP contribution in [0.1, 0.15) is 48.3 Å². The summed E-state index contributed by atoms with van der Waals surface area (Å²) in [5, 5.41) is 14.4. The van der Waals surface area contributed by atoms with Gasteiger partial charge >= 0.3 is 0 Å². The maximum atomic E-state index is 13.7. The van der Waals surface area contributed by atoms with Gasteiger partial charge in [0.25, 0.3) is 5.91 Å². The molecule has 1 fully saturated rings. The van der Waals surface area contributed by atoms with Gasteiger partial charge in [0.15, 0.2) is 0 Å². The Kier molecular flexibility index (Phi) is 6.94. The molecule has 1 saturated carbocycles. The first kappa shape index (κ1) is 27.8. The highest BCUT2D eigenvalue weighted by Crippen LogP contribution is 2.45. The molecule has 1 aliphatic carbocycles. The van der Waals surface area contributed by atoms with Crippen LogP contribution in [0, 0.1) is 5.82 Å². The summed E-state index contributed by atoms with van der Waals surface area (Å²) in [5.41, 5.74) is 7.42. The SMILES string of the molecule is C[C@](O)(CNC(=O)c1ccc(-c2cncs2)c(OC2CC2)c1)c1cc2c(c(-c3ccc(F)cc3)n1)OC[C@]2(C)C(N)=O. The van der Waals surface area contributed by atoms with Gasteiger partial charge in [0.1, 0.15) is 40.6 Å². The Hall–Kier alpha value is -4.35. The zero-order valence-electron chi connectivity index (χ0n) is 23.0. The van der Waals surface area contributed by atoms with E-state index in [4.69, 9.17) is 15.2 Å². The number of hydrogen-bond acceptors (Lipinski definition) is 8. The predicted molar refractivity (Wildman–Crippen MR) is 155 cm³/mol. The molecule has 9 nitrogen and oxygen atoms in total. The van der Waals surface area contributed by atoms with Crippen LogP contribution in [0.25, 0.3) is 21.7 Å². The first-order chi connectivity index (χ1) is 20.0. The molecule has 0 spiro atoms. The van der Waals surface area contributed by atoms with Crippen LogP contribution in [0.2, 0.25) is 0 Å². The lowest BCUT2D eigenvalue weighted by atomic mass is 9.82. The average Bonchev–Trinajstić information content (AvgIpc) is 3.48. The molecular weight excluding hydrogens is 559 g/mol. The topological polar surface area (TPSA) is 137 Å². The number of rotatable bonds is 9. The highest BCUT2D eigenvalue weighted by Gasteiger charge is 2.45. The van der Waals surface area contributed by atoms with Crippen molar-refractivity contribution in [1.29, 1.82) is 0 Å². The van der Waals surface area contributed by atoms with Crippen LogP contribution in [-0.4, -0.2) is 46.1 Å². The van der Waals surface area contributed by atoms with E-state index in [0.29, 0.717) is 33.9 Å². The lowest BCUT2D eigenvalue weighted by molar-refractivity contribution is -0.123. The number of benzene rings is 2. The maximum absolute atomic E-state index is 13.7. The van der Waals surface area contributed by atoms with Crippen LogP contribution in [0.4, 0.5) is 4.39 Å². The summed E-state index contributed by atoms with van der Waals surface area (Å²) in [6, 6.07) is 12.5. The number of primary amides is 1. The third-order valence-corrected chi connectivity index (χ3v) is 8.45. The Bertz CT molecular complexity index is 1670. The third kappa shape index (κ3) is 5.21. The summed E-state index contributed by atoms with van der Waals surface area (Å²) < 4.78 is 25.6. The summed E-state index contributed by atoms with van der Waals surface area (Å²) >= 11 is 1.49. The molecule has 0 saturated heterocycles. The summed E-state index contributed by atoms with van der Waals surface area (Å²) in [4.78, 5) is 35.4. The number of ether oxygens (including phenoxy) is 2. The summed E-state index contributed by atoms with van der Waals surface area (Å²) in [7, 11) is 0. The normalized spacial score (nSPS) is 19.0. The molecule has 2 amide bonds. The number of nitrogens with one attached hydrogen (secondary N) is 1. The second kappa shape index (κ2) is 10.5. The quantitative estimate of drug-likeness (QED) is 0.265. The second-order valence-electron chi connectivity index (χ2n) is 11.1. The molecule has 0 unspecified atom stereocenters. The van der Waals surface area contributed by atoms with Crippen molar-refractivity contribution in [3.63, 3.8) is 0 Å². The number of amides is 2. The van der Waals surface area contributed by atoms with E-state index in [-0.39, 0.29) is 24.9 Å². The van der Waals surface area contributed by atoms with Crippen molar-refractivity contribution in [2.24, 2.45) is 5.73 Å². The number of nitrogens with two attached hydrogens (primary N) is 1. The molecule has 42 heavy (non-hydrogen) atoms. The van der Waals surface area contributed by atoms with Crippen LogP contribution in [0.5, 0.6) is 11.5 Å². The zero-order chi connectivity index (χ0) is 29.6. The van der Waals surface area contributed by atoms with Crippen molar-refractivity contribution in [3.8, 4) is 33.2 Å². The summed E-state index contributed by atoms with van der Waals surface area (Å²) in [6.07, 6.45) is 3.82. The van der Waals surface area contributed by atoms with Crippen LogP contribution in [0.15, 0.2) is 60.2 Å². The molecule has 2 atom stereocenters. The molecule has 11 heteroatoms. The molecule has 216 valence electrons. The monoisotopic (exact) mass is 588 g/mol. The molecule has 2 aromatic heterocycles. The Morgan fingerprint density at radius 1 is 1.24 bits per heavy atom. The number of hydrogen-bond donors (Lipinski definition) is 3. The number of carbonyl (C=O) groups excluding carboxylic acids is 2. The molecule has 4 N–H and O–H groups in total. The molecule has 2 aliphatic rings. The number of carbonyl (C=O) groups is 2. The number of nitrogens with zero attached hydrogens (tertiary/aromatic N) is 2. The Morgan fingerprint density at radius 2 is 2.00 bits per heavy atom. The first-order valence-corrected chi connectivity index (χ1v) is 14.4. The summed E-state index contributed by atoms with van der Waals surface area (Å²) in [5.74, 6) is -0.471. The van der Waals surface area contributed by atoms with Gasteiger partial charge in [-0.3, -0.25) is 14.6 Å². The van der Waals surface area contributed by atoms with Crippen molar-refractivity contribution in [2.75, 3.05) is 13.2 Å². The van der Waals surface area contributed by atoms with Gasteiger partial charge in [0.2, 0.25) is 5.91 Å². The second-order valence-corrected chi connectivity index (χ2v) is 12.0. The molecule has 0 bridgehead atoms. The molecule has 2 aromatic carbocycles. The van der Waals surface area contributed by atoms with Gasteiger partial charge in [-0.15, -0.1) is 11.3 Å². The number of fused-ring (bicyclic) bond motifs is 1. The van der Waals surface area contributed by atoms with Crippen molar-refractivity contribution in [2.45, 2.75) is 43.8 Å². The predicted octanol–water partition coefficient (Wildman–Crippen LogP) is 4.33. The lowest BCUT2D eigenvalue weighted by Gasteiger charge is -2.26. The largest absolute Gasteiger partial charge is 0.490 e. The van der Waals surface area contributed by atoms with Gasteiger partial charge in [-0.1, -0.05) is 0 Å². The fraction of sp³-hybridized carbons (Fsp3) is 0.290. The van der Waals surface area contributed by atoms with E-state index in [1.54, 1.807) is 49.0 Å². The van der Waals surface area contributed by atoms with E-state index >= 15 is 0 Å². The van der Waals surface area contributed by atoms with Crippen LogP contribution in [0.3, 0.4) is 0 Å². The smallest absolute Gasteiger partial charge is 0.251 e. The molecular formula is C31H29FN4O5S. The number of pyridine rings is 1. The molecule has 3 heterocycles.